The van der Waals surface area contributed by atoms with Crippen molar-refractivity contribution in [2.45, 2.75) is 75.7 Å². The van der Waals surface area contributed by atoms with Crippen LogP contribution in [0, 0.1) is 17.3 Å². The summed E-state index contributed by atoms with van der Waals surface area (Å²) in [5.74, 6) is 0.0224. The zero-order valence-corrected chi connectivity index (χ0v) is 20.2. The fourth-order valence-electron chi connectivity index (χ4n) is 6.78. The van der Waals surface area contributed by atoms with E-state index in [4.69, 9.17) is 0 Å². The summed E-state index contributed by atoms with van der Waals surface area (Å²) in [6.07, 6.45) is 16.6. The molecule has 180 valence electrons. The smallest absolute Gasteiger partial charge is 0.120 e. The van der Waals surface area contributed by atoms with Gasteiger partial charge in [0.25, 0.3) is 0 Å². The van der Waals surface area contributed by atoms with Gasteiger partial charge in [-0.15, -0.1) is 0 Å². The monoisotopic (exact) mass is 454 g/mol. The van der Waals surface area contributed by atoms with Gasteiger partial charge >= 0.3 is 0 Å². The number of nitrogens with zero attached hydrogens (tertiary/aromatic N) is 1. The third kappa shape index (κ3) is 4.48. The Hall–Kier alpha value is -1.82. The highest BCUT2D eigenvalue weighted by Crippen LogP contribution is 2.61. The molecule has 1 aromatic heterocycles. The number of rotatable bonds is 2. The predicted molar refractivity (Wildman–Crippen MR) is 131 cm³/mol. The van der Waals surface area contributed by atoms with E-state index in [1.165, 1.54) is 5.57 Å². The van der Waals surface area contributed by atoms with E-state index in [1.807, 2.05) is 32.4 Å². The number of hydrogen-bond donors (Lipinski definition) is 3. The molecule has 5 rings (SSSR count). The van der Waals surface area contributed by atoms with Gasteiger partial charge in [0.15, 0.2) is 0 Å². The van der Waals surface area contributed by atoms with Gasteiger partial charge in [-0.3, -0.25) is 4.98 Å². The third-order valence-corrected chi connectivity index (χ3v) is 8.56. The van der Waals surface area contributed by atoms with Crippen LogP contribution in [0.5, 0.6) is 0 Å². The molecule has 0 saturated heterocycles. The Balaban J connectivity index is 0.000000821. The molecule has 4 aliphatic rings. The molecule has 1 heterocycles. The molecule has 0 amide bonds. The number of aliphatic hydroxyl groups is 2. The lowest BCUT2D eigenvalue weighted by Gasteiger charge is -2.49. The van der Waals surface area contributed by atoms with E-state index >= 15 is 4.39 Å². The van der Waals surface area contributed by atoms with Crippen molar-refractivity contribution in [2.75, 3.05) is 14.1 Å². The van der Waals surface area contributed by atoms with E-state index in [0.717, 1.165) is 30.4 Å². The molecule has 0 spiro atoms. The van der Waals surface area contributed by atoms with Crippen molar-refractivity contribution in [3.8, 4) is 0 Å². The van der Waals surface area contributed by atoms with Crippen molar-refractivity contribution < 1.29 is 14.6 Å². The topological polar surface area (TPSA) is 65.4 Å². The molecular weight excluding hydrogens is 415 g/mol. The summed E-state index contributed by atoms with van der Waals surface area (Å²) < 4.78 is 16.0. The van der Waals surface area contributed by atoms with Crippen LogP contribution in [-0.2, 0) is 0 Å². The number of allylic oxidation sites excluding steroid dienone is 4. The molecule has 4 aliphatic carbocycles. The van der Waals surface area contributed by atoms with Gasteiger partial charge in [0.2, 0.25) is 0 Å². The van der Waals surface area contributed by atoms with Gasteiger partial charge in [-0.05, 0) is 81.3 Å². The molecule has 2 fully saturated rings. The quantitative estimate of drug-likeness (QED) is 0.551. The largest absolute Gasteiger partial charge is 0.393 e. The van der Waals surface area contributed by atoms with E-state index in [-0.39, 0.29) is 30.1 Å². The van der Waals surface area contributed by atoms with Gasteiger partial charge in [0, 0.05) is 36.6 Å². The highest BCUT2D eigenvalue weighted by atomic mass is 19.1. The minimum absolute atomic E-state index is 0.0537. The molecule has 33 heavy (non-hydrogen) atoms. The Morgan fingerprint density at radius 3 is 2.70 bits per heavy atom. The first-order valence-corrected chi connectivity index (χ1v) is 12.4. The summed E-state index contributed by atoms with van der Waals surface area (Å²) in [7, 11) is 3.75. The summed E-state index contributed by atoms with van der Waals surface area (Å²) in [6, 6.07) is 3.97. The second kappa shape index (κ2) is 9.44. The van der Waals surface area contributed by atoms with E-state index in [2.05, 4.69) is 41.5 Å². The van der Waals surface area contributed by atoms with E-state index in [0.29, 0.717) is 19.3 Å². The van der Waals surface area contributed by atoms with Crippen LogP contribution in [-0.4, -0.2) is 46.7 Å². The minimum atomic E-state index is -1.38. The first-order valence-electron chi connectivity index (χ1n) is 12.4. The number of aliphatic hydroxyl groups excluding tert-OH is 1. The van der Waals surface area contributed by atoms with Crippen molar-refractivity contribution in [3.63, 3.8) is 0 Å². The predicted octanol–water partition coefficient (Wildman–Crippen LogP) is 5.00. The van der Waals surface area contributed by atoms with Gasteiger partial charge in [-0.25, -0.2) is 4.39 Å². The molecular formula is C28H39FN2O2. The zero-order valence-electron chi connectivity index (χ0n) is 20.2. The van der Waals surface area contributed by atoms with Crippen LogP contribution in [0.2, 0.25) is 0 Å². The van der Waals surface area contributed by atoms with E-state index < -0.39 is 17.4 Å². The molecule has 0 bridgehead atoms. The number of alkyl halides is 1. The molecule has 5 unspecified atom stereocenters. The third-order valence-electron chi connectivity index (χ3n) is 8.56. The standard InChI is InChI=1S/C26H32FNO2.C2H7N/c1-24-12-10-21-15-25(27)16-22(29)8-6-20(25)11-13-26(21,30)23(24)9-7-19(24)5-4-18-3-2-14-28-17-18;1-3-2/h2-5,7,10,14,17,20,22-23,29-30H,6,8-9,11-13,15-16H2,1H3;3H,1-2H3/b5-4+;/t20?,22?,23?,24?,25?,26-;/m1./s1. The Labute approximate surface area is 197 Å². The lowest BCUT2D eigenvalue weighted by Crippen LogP contribution is -2.49. The van der Waals surface area contributed by atoms with E-state index in [1.54, 1.807) is 6.20 Å². The van der Waals surface area contributed by atoms with Crippen molar-refractivity contribution in [3.05, 3.63) is 59.5 Å². The molecule has 4 nitrogen and oxygen atoms in total. The summed E-state index contributed by atoms with van der Waals surface area (Å²) >= 11 is 0. The van der Waals surface area contributed by atoms with Crippen LogP contribution in [0.15, 0.2) is 53.9 Å². The molecule has 6 atom stereocenters. The van der Waals surface area contributed by atoms with Crippen molar-refractivity contribution in [1.82, 2.24) is 10.3 Å². The number of hydrogen-bond acceptors (Lipinski definition) is 4. The molecule has 0 radical (unpaired) electrons. The minimum Gasteiger partial charge on any atom is -0.393 e. The fourth-order valence-corrected chi connectivity index (χ4v) is 6.78. The zero-order chi connectivity index (χ0) is 23.7. The molecule has 1 aromatic rings. The molecule has 3 N–H and O–H groups in total. The fraction of sp³-hybridized carbons (Fsp3) is 0.607. The number of halogens is 1. The average molecular weight is 455 g/mol. The molecule has 0 aliphatic heterocycles. The molecule has 5 heteroatoms. The summed E-state index contributed by atoms with van der Waals surface area (Å²) in [5, 5.41) is 24.8. The maximum Gasteiger partial charge on any atom is 0.120 e. The first-order chi connectivity index (χ1) is 15.7. The second-order valence-corrected chi connectivity index (χ2v) is 10.7. The number of aromatic nitrogens is 1. The van der Waals surface area contributed by atoms with Crippen LogP contribution in [0.25, 0.3) is 6.08 Å². The van der Waals surface area contributed by atoms with Crippen molar-refractivity contribution in [2.24, 2.45) is 17.3 Å². The summed E-state index contributed by atoms with van der Waals surface area (Å²) in [5.41, 5.74) is 0.732. The Kier molecular flexibility index (Phi) is 6.95. The Morgan fingerprint density at radius 1 is 1.18 bits per heavy atom. The lowest BCUT2D eigenvalue weighted by molar-refractivity contribution is -0.0401. The first kappa shape index (κ1) is 24.3. The Morgan fingerprint density at radius 2 is 1.97 bits per heavy atom. The van der Waals surface area contributed by atoms with Crippen LogP contribution < -0.4 is 5.32 Å². The van der Waals surface area contributed by atoms with Crippen LogP contribution in [0.1, 0.15) is 63.9 Å². The Bertz CT molecular complexity index is 929. The summed E-state index contributed by atoms with van der Waals surface area (Å²) in [4.78, 5) is 4.18. The highest BCUT2D eigenvalue weighted by Gasteiger charge is 2.58. The second-order valence-electron chi connectivity index (χ2n) is 10.7. The highest BCUT2D eigenvalue weighted by molar-refractivity contribution is 5.54. The van der Waals surface area contributed by atoms with Crippen LogP contribution >= 0.6 is 0 Å². The number of nitrogens with one attached hydrogen (secondary N) is 1. The van der Waals surface area contributed by atoms with Crippen LogP contribution in [0.3, 0.4) is 0 Å². The summed E-state index contributed by atoms with van der Waals surface area (Å²) in [6.45, 7) is 2.25. The number of fused-ring (bicyclic) bond motifs is 4. The maximum atomic E-state index is 16.0. The van der Waals surface area contributed by atoms with Gasteiger partial charge in [-0.2, -0.15) is 0 Å². The van der Waals surface area contributed by atoms with Gasteiger partial charge < -0.3 is 15.5 Å². The van der Waals surface area contributed by atoms with Gasteiger partial charge in [0.05, 0.1) is 11.7 Å². The maximum absolute atomic E-state index is 16.0. The average Bonchev–Trinajstić information content (AvgIpc) is 3.07. The molecule has 0 aromatic carbocycles. The van der Waals surface area contributed by atoms with E-state index in [9.17, 15) is 10.2 Å². The van der Waals surface area contributed by atoms with Crippen molar-refractivity contribution in [1.29, 1.82) is 0 Å². The lowest BCUT2D eigenvalue weighted by atomic mass is 9.58. The molecule has 2 saturated carbocycles. The van der Waals surface area contributed by atoms with Crippen molar-refractivity contribution >= 4 is 6.08 Å². The SMILES string of the molecule is CC12CC=C3CC4(F)CC(O)CCC4CC[C@]3(O)C1CC=C2/C=C/c1cccnc1.CNC. The van der Waals surface area contributed by atoms with Gasteiger partial charge in [0.1, 0.15) is 5.67 Å². The normalized spacial score (nSPS) is 39.9. The van der Waals surface area contributed by atoms with Crippen LogP contribution in [0.4, 0.5) is 4.39 Å². The number of pyridine rings is 1. The van der Waals surface area contributed by atoms with Gasteiger partial charge in [-0.1, -0.05) is 37.3 Å².